The van der Waals surface area contributed by atoms with Crippen molar-refractivity contribution in [1.82, 2.24) is 43.9 Å². The zero-order valence-electron chi connectivity index (χ0n) is 16.0. The van der Waals surface area contributed by atoms with Gasteiger partial charge in [-0.05, 0) is 36.6 Å². The van der Waals surface area contributed by atoms with Gasteiger partial charge in [0.25, 0.3) is 5.95 Å². The fraction of sp³-hybridized carbons (Fsp3) is 0.263. The molecule has 1 aliphatic rings. The molecule has 1 amide bonds. The van der Waals surface area contributed by atoms with Gasteiger partial charge in [0.05, 0.1) is 24.0 Å². The molecule has 0 saturated carbocycles. The van der Waals surface area contributed by atoms with Crippen LogP contribution in [-0.2, 0) is 4.79 Å². The van der Waals surface area contributed by atoms with Gasteiger partial charge >= 0.3 is 0 Å². The highest BCUT2D eigenvalue weighted by Crippen LogP contribution is 2.31. The molecule has 1 aromatic carbocycles. The van der Waals surface area contributed by atoms with Gasteiger partial charge in [0.15, 0.2) is 5.65 Å². The Labute approximate surface area is 174 Å². The van der Waals surface area contributed by atoms with E-state index in [1.165, 1.54) is 0 Å². The molecular weight excluding hydrogens is 406 g/mol. The minimum atomic E-state index is -0.0688. The van der Waals surface area contributed by atoms with Gasteiger partial charge in [0.1, 0.15) is 11.3 Å². The Hall–Kier alpha value is -3.53. The lowest BCUT2D eigenvalue weighted by Crippen LogP contribution is -2.28. The quantitative estimate of drug-likeness (QED) is 0.434. The van der Waals surface area contributed by atoms with E-state index in [2.05, 4.69) is 25.5 Å². The molecule has 1 aliphatic heterocycles. The first-order valence-electron chi connectivity index (χ1n) is 9.62. The Kier molecular flexibility index (Phi) is 3.60. The van der Waals surface area contributed by atoms with Gasteiger partial charge in [-0.25, -0.2) is 9.38 Å². The number of nitrogens with zero attached hydrogens (tertiary/aromatic N) is 9. The minimum absolute atomic E-state index is 0.0436. The summed E-state index contributed by atoms with van der Waals surface area (Å²) in [5.74, 6) is 0.519. The van der Waals surface area contributed by atoms with Crippen LogP contribution in [0.4, 0.5) is 0 Å². The van der Waals surface area contributed by atoms with Crippen LogP contribution in [0.15, 0.2) is 36.7 Å². The van der Waals surface area contributed by atoms with E-state index in [1.54, 1.807) is 17.8 Å². The zero-order valence-corrected chi connectivity index (χ0v) is 16.7. The summed E-state index contributed by atoms with van der Waals surface area (Å²) in [7, 11) is 0. The van der Waals surface area contributed by atoms with E-state index in [0.29, 0.717) is 16.9 Å². The van der Waals surface area contributed by atoms with Crippen LogP contribution in [0.25, 0.3) is 28.1 Å². The molecule has 1 fully saturated rings. The summed E-state index contributed by atoms with van der Waals surface area (Å²) in [6.45, 7) is 2.32. The van der Waals surface area contributed by atoms with E-state index in [0.717, 1.165) is 41.6 Å². The highest BCUT2D eigenvalue weighted by Gasteiger charge is 2.30. The summed E-state index contributed by atoms with van der Waals surface area (Å²) in [5.41, 5.74) is 3.02. The van der Waals surface area contributed by atoms with Crippen LogP contribution in [0.1, 0.15) is 31.5 Å². The average Bonchev–Trinajstić information content (AvgIpc) is 3.52. The van der Waals surface area contributed by atoms with E-state index < -0.39 is 0 Å². The van der Waals surface area contributed by atoms with E-state index in [1.807, 2.05) is 44.2 Å². The minimum Gasteiger partial charge on any atom is -0.334 e. The highest BCUT2D eigenvalue weighted by molar-refractivity contribution is 6.29. The number of halogens is 1. The molecule has 30 heavy (non-hydrogen) atoms. The van der Waals surface area contributed by atoms with E-state index in [-0.39, 0.29) is 11.9 Å². The summed E-state index contributed by atoms with van der Waals surface area (Å²) in [6, 6.07) is 7.75. The molecule has 10 nitrogen and oxygen atoms in total. The summed E-state index contributed by atoms with van der Waals surface area (Å²) < 4.78 is 5.29. The third kappa shape index (κ3) is 2.31. The molecule has 1 unspecified atom stereocenters. The summed E-state index contributed by atoms with van der Waals surface area (Å²) in [5, 5.41) is 18.6. The SMILES string of the molecule is CC(=O)N1CCCC1c1cn(-c2nnc3c4ccccc4n4c(Cl)ncc4n23)nn1. The first-order valence-corrected chi connectivity index (χ1v) is 10.00. The van der Waals surface area contributed by atoms with Gasteiger partial charge in [-0.1, -0.05) is 17.3 Å². The van der Waals surface area contributed by atoms with Crippen molar-refractivity contribution in [3.8, 4) is 5.95 Å². The first kappa shape index (κ1) is 17.3. The number of benzene rings is 1. The van der Waals surface area contributed by atoms with Crippen LogP contribution < -0.4 is 0 Å². The standard InChI is InChI=1S/C19H16ClN9O/c1-11(30)26-8-4-7-15(26)13-10-27(25-22-13)19-24-23-17-12-5-2-3-6-14(12)28-16(29(17)19)9-21-18(28)20/h2-3,5-6,9-10,15H,4,7-8H2,1H3. The smallest absolute Gasteiger partial charge is 0.259 e. The molecule has 1 atom stereocenters. The molecule has 0 N–H and O–H groups in total. The molecule has 1 saturated heterocycles. The third-order valence-electron chi connectivity index (χ3n) is 5.68. The number of likely N-dealkylation sites (tertiary alicyclic amines) is 1. The second-order valence-corrected chi connectivity index (χ2v) is 7.69. The van der Waals surface area contributed by atoms with Crippen LogP contribution in [0.5, 0.6) is 0 Å². The number of rotatable bonds is 2. The Morgan fingerprint density at radius 2 is 2.03 bits per heavy atom. The van der Waals surface area contributed by atoms with Crippen LogP contribution >= 0.6 is 11.6 Å². The van der Waals surface area contributed by atoms with Gasteiger partial charge in [0.2, 0.25) is 11.2 Å². The lowest BCUT2D eigenvalue weighted by atomic mass is 10.1. The Morgan fingerprint density at radius 3 is 2.90 bits per heavy atom. The van der Waals surface area contributed by atoms with Crippen molar-refractivity contribution in [3.63, 3.8) is 0 Å². The fourth-order valence-electron chi connectivity index (χ4n) is 4.35. The number of para-hydroxylation sites is 1. The van der Waals surface area contributed by atoms with Crippen molar-refractivity contribution in [1.29, 1.82) is 0 Å². The molecule has 5 heterocycles. The van der Waals surface area contributed by atoms with Crippen molar-refractivity contribution >= 4 is 39.7 Å². The van der Waals surface area contributed by atoms with Crippen LogP contribution in [-0.4, -0.2) is 56.3 Å². The van der Waals surface area contributed by atoms with Crippen molar-refractivity contribution in [2.24, 2.45) is 0 Å². The Bertz CT molecular complexity index is 1450. The topological polar surface area (TPSA) is 98.5 Å². The Balaban J connectivity index is 1.57. The van der Waals surface area contributed by atoms with Crippen molar-refractivity contribution in [3.05, 3.63) is 47.6 Å². The number of carbonyl (C=O) groups excluding carboxylic acids is 1. The normalized spacial score (nSPS) is 17.0. The molecule has 6 rings (SSSR count). The molecular formula is C19H16ClN9O. The summed E-state index contributed by atoms with van der Waals surface area (Å²) in [6.07, 6.45) is 5.31. The molecule has 0 bridgehead atoms. The lowest BCUT2D eigenvalue weighted by molar-refractivity contribution is -0.129. The maximum absolute atomic E-state index is 11.9. The van der Waals surface area contributed by atoms with Crippen molar-refractivity contribution < 1.29 is 4.79 Å². The third-order valence-corrected chi connectivity index (χ3v) is 5.94. The number of carbonyl (C=O) groups is 1. The molecule has 0 aliphatic carbocycles. The first-order chi connectivity index (χ1) is 14.6. The second-order valence-electron chi connectivity index (χ2n) is 7.36. The monoisotopic (exact) mass is 421 g/mol. The van der Waals surface area contributed by atoms with Gasteiger partial charge < -0.3 is 4.90 Å². The highest BCUT2D eigenvalue weighted by atomic mass is 35.5. The molecule has 4 aromatic heterocycles. The van der Waals surface area contributed by atoms with Gasteiger partial charge in [-0.2, -0.15) is 4.68 Å². The predicted octanol–water partition coefficient (Wildman–Crippen LogP) is 2.45. The lowest BCUT2D eigenvalue weighted by Gasteiger charge is -2.20. The molecule has 150 valence electrons. The second kappa shape index (κ2) is 6.23. The number of fused-ring (bicyclic) bond motifs is 6. The predicted molar refractivity (Wildman–Crippen MR) is 109 cm³/mol. The van der Waals surface area contributed by atoms with Gasteiger partial charge in [-0.15, -0.1) is 15.3 Å². The molecule has 0 radical (unpaired) electrons. The van der Waals surface area contributed by atoms with Crippen LogP contribution in [0.2, 0.25) is 5.28 Å². The molecule has 5 aromatic rings. The largest absolute Gasteiger partial charge is 0.334 e. The summed E-state index contributed by atoms with van der Waals surface area (Å²) >= 11 is 6.38. The number of amides is 1. The number of hydrogen-bond acceptors (Lipinski definition) is 6. The van der Waals surface area contributed by atoms with Crippen molar-refractivity contribution in [2.75, 3.05) is 6.54 Å². The summed E-state index contributed by atoms with van der Waals surface area (Å²) in [4.78, 5) is 18.0. The molecule has 11 heteroatoms. The Morgan fingerprint density at radius 1 is 1.17 bits per heavy atom. The molecule has 0 spiro atoms. The van der Waals surface area contributed by atoms with Crippen LogP contribution in [0, 0.1) is 0 Å². The fourth-order valence-corrected chi connectivity index (χ4v) is 4.57. The maximum atomic E-state index is 11.9. The number of aromatic nitrogens is 8. The van der Waals surface area contributed by atoms with Crippen molar-refractivity contribution in [2.45, 2.75) is 25.8 Å². The van der Waals surface area contributed by atoms with Gasteiger partial charge in [0, 0.05) is 18.9 Å². The number of imidazole rings is 1. The van der Waals surface area contributed by atoms with Crippen LogP contribution in [0.3, 0.4) is 0 Å². The maximum Gasteiger partial charge on any atom is 0.259 e. The zero-order chi connectivity index (χ0) is 20.4. The average molecular weight is 422 g/mol. The van der Waals surface area contributed by atoms with Gasteiger partial charge in [-0.3, -0.25) is 9.20 Å². The van der Waals surface area contributed by atoms with E-state index in [4.69, 9.17) is 11.6 Å². The number of hydrogen-bond donors (Lipinski definition) is 0. The van der Waals surface area contributed by atoms with E-state index in [9.17, 15) is 4.79 Å². The van der Waals surface area contributed by atoms with E-state index >= 15 is 0 Å².